The fourth-order valence-electron chi connectivity index (χ4n) is 6.66. The molecule has 0 saturated heterocycles. The first-order valence-corrected chi connectivity index (χ1v) is 10.9. The van der Waals surface area contributed by atoms with Crippen LogP contribution in [0.25, 0.3) is 22.4 Å². The Balaban J connectivity index is 1.67. The molecule has 2 atom stereocenters. The van der Waals surface area contributed by atoms with Crippen molar-refractivity contribution < 1.29 is 25.5 Å². The molecule has 2 unspecified atom stereocenters. The third-order valence-corrected chi connectivity index (χ3v) is 7.88. The van der Waals surface area contributed by atoms with Gasteiger partial charge in [0.15, 0.2) is 23.0 Å². The number of benzene rings is 3. The average Bonchev–Trinajstić information content (AvgIpc) is 3.16. The zero-order valence-electron chi connectivity index (χ0n) is 17.0. The van der Waals surface area contributed by atoms with E-state index in [-0.39, 0.29) is 39.5 Å². The van der Waals surface area contributed by atoms with Gasteiger partial charge in [-0.05, 0) is 83.9 Å². The lowest BCUT2D eigenvalue weighted by molar-refractivity contribution is 0.273. The highest BCUT2D eigenvalue weighted by molar-refractivity contribution is 6.05. The second-order valence-electron chi connectivity index (χ2n) is 9.31. The van der Waals surface area contributed by atoms with E-state index in [1.807, 2.05) is 12.1 Å². The van der Waals surface area contributed by atoms with Gasteiger partial charge in [0.2, 0.25) is 0 Å². The Morgan fingerprint density at radius 3 is 2.52 bits per heavy atom. The van der Waals surface area contributed by atoms with Crippen LogP contribution >= 0.6 is 0 Å². The van der Waals surface area contributed by atoms with Crippen LogP contribution in [0.15, 0.2) is 30.3 Å². The lowest BCUT2D eigenvalue weighted by atomic mass is 9.58. The SMILES string of the molecule is Oc1cc2c3c(c1O)CCC1CCCC31CC(c1cc(O)c(O)c3c(O)cccc13)=C2. The molecular formula is C26H24O5. The summed E-state index contributed by atoms with van der Waals surface area (Å²) in [6, 6.07) is 8.28. The average molecular weight is 416 g/mol. The number of fused-ring (bicyclic) bond motifs is 1. The summed E-state index contributed by atoms with van der Waals surface area (Å²) in [5.74, 6) is -0.255. The summed E-state index contributed by atoms with van der Waals surface area (Å²) in [4.78, 5) is 0. The van der Waals surface area contributed by atoms with E-state index in [2.05, 4.69) is 0 Å². The van der Waals surface area contributed by atoms with Crippen LogP contribution in [0.1, 0.15) is 54.4 Å². The van der Waals surface area contributed by atoms with Gasteiger partial charge >= 0.3 is 0 Å². The van der Waals surface area contributed by atoms with Crippen molar-refractivity contribution in [1.29, 1.82) is 0 Å². The summed E-state index contributed by atoms with van der Waals surface area (Å²) in [6.45, 7) is 0. The molecular weight excluding hydrogens is 392 g/mol. The van der Waals surface area contributed by atoms with Gasteiger partial charge in [-0.25, -0.2) is 0 Å². The third kappa shape index (κ3) is 2.32. The minimum atomic E-state index is -0.326. The number of allylic oxidation sites excluding steroid dienone is 1. The Morgan fingerprint density at radius 1 is 0.871 bits per heavy atom. The van der Waals surface area contributed by atoms with Crippen LogP contribution < -0.4 is 0 Å². The van der Waals surface area contributed by atoms with Gasteiger partial charge in [-0.1, -0.05) is 24.6 Å². The van der Waals surface area contributed by atoms with Gasteiger partial charge < -0.3 is 25.5 Å². The van der Waals surface area contributed by atoms with Gasteiger partial charge in [-0.3, -0.25) is 0 Å². The van der Waals surface area contributed by atoms with Crippen LogP contribution in [-0.4, -0.2) is 25.5 Å². The topological polar surface area (TPSA) is 101 Å². The fourth-order valence-corrected chi connectivity index (χ4v) is 6.66. The van der Waals surface area contributed by atoms with E-state index in [1.165, 1.54) is 11.6 Å². The molecule has 5 heteroatoms. The maximum absolute atomic E-state index is 10.6. The van der Waals surface area contributed by atoms with E-state index < -0.39 is 0 Å². The van der Waals surface area contributed by atoms with Crippen molar-refractivity contribution in [3.63, 3.8) is 0 Å². The van der Waals surface area contributed by atoms with E-state index in [0.29, 0.717) is 11.3 Å². The van der Waals surface area contributed by atoms with Crippen LogP contribution in [0.4, 0.5) is 0 Å². The summed E-state index contributed by atoms with van der Waals surface area (Å²) in [6.07, 6.45) is 7.84. The summed E-state index contributed by atoms with van der Waals surface area (Å²) < 4.78 is 0. The first-order chi connectivity index (χ1) is 14.9. The van der Waals surface area contributed by atoms with Gasteiger partial charge in [-0.15, -0.1) is 0 Å². The number of rotatable bonds is 1. The largest absolute Gasteiger partial charge is 0.507 e. The minimum absolute atomic E-state index is 0.0120. The van der Waals surface area contributed by atoms with Crippen molar-refractivity contribution in [1.82, 2.24) is 0 Å². The molecule has 0 amide bonds. The zero-order valence-corrected chi connectivity index (χ0v) is 17.0. The first kappa shape index (κ1) is 18.4. The molecule has 31 heavy (non-hydrogen) atoms. The van der Waals surface area contributed by atoms with Crippen LogP contribution in [-0.2, 0) is 11.8 Å². The zero-order chi connectivity index (χ0) is 21.5. The molecule has 0 aliphatic heterocycles. The van der Waals surface area contributed by atoms with Gasteiger partial charge in [0, 0.05) is 11.0 Å². The molecule has 0 bridgehead atoms. The van der Waals surface area contributed by atoms with Crippen molar-refractivity contribution in [3.8, 4) is 28.7 Å². The van der Waals surface area contributed by atoms with Crippen LogP contribution in [0, 0.1) is 5.92 Å². The lowest BCUT2D eigenvalue weighted by Crippen LogP contribution is -2.38. The summed E-state index contributed by atoms with van der Waals surface area (Å²) in [7, 11) is 0. The van der Waals surface area contributed by atoms with E-state index in [1.54, 1.807) is 18.2 Å². The number of phenolic OH excluding ortho intramolecular Hbond substituents is 5. The Morgan fingerprint density at radius 2 is 1.68 bits per heavy atom. The Labute approximate surface area is 179 Å². The normalized spacial score (nSPS) is 24.0. The molecule has 1 spiro atoms. The Bertz CT molecular complexity index is 1310. The third-order valence-electron chi connectivity index (χ3n) is 7.88. The number of aromatic hydroxyl groups is 5. The molecule has 158 valence electrons. The van der Waals surface area contributed by atoms with Crippen molar-refractivity contribution >= 4 is 22.4 Å². The molecule has 3 aliphatic rings. The minimum Gasteiger partial charge on any atom is -0.507 e. The first-order valence-electron chi connectivity index (χ1n) is 10.9. The van der Waals surface area contributed by atoms with Crippen LogP contribution in [0.3, 0.4) is 0 Å². The monoisotopic (exact) mass is 416 g/mol. The molecule has 1 fully saturated rings. The summed E-state index contributed by atoms with van der Waals surface area (Å²) >= 11 is 0. The van der Waals surface area contributed by atoms with Crippen molar-refractivity contribution in [2.24, 2.45) is 5.92 Å². The highest BCUT2D eigenvalue weighted by Gasteiger charge is 2.51. The Kier molecular flexibility index (Phi) is 3.62. The van der Waals surface area contributed by atoms with Gasteiger partial charge in [0.05, 0.1) is 5.39 Å². The molecule has 5 N–H and O–H groups in total. The van der Waals surface area contributed by atoms with Crippen LogP contribution in [0.2, 0.25) is 0 Å². The van der Waals surface area contributed by atoms with Crippen LogP contribution in [0.5, 0.6) is 28.7 Å². The molecule has 0 aromatic heterocycles. The maximum atomic E-state index is 10.6. The predicted molar refractivity (Wildman–Crippen MR) is 119 cm³/mol. The quantitative estimate of drug-likeness (QED) is 0.347. The standard InChI is InChI=1S/C26H24O5/c27-19-5-1-4-16-18(11-21(29)25(31)22(16)19)14-9-13-10-20(28)24(30)17-7-6-15-3-2-8-26(15,12-14)23(13)17/h1,4-5,9-11,15,27-31H,2-3,6-8,12H2. The van der Waals surface area contributed by atoms with Gasteiger partial charge in [-0.2, -0.15) is 0 Å². The molecule has 1 saturated carbocycles. The van der Waals surface area contributed by atoms with Crippen molar-refractivity contribution in [3.05, 3.63) is 52.6 Å². The molecule has 3 aromatic carbocycles. The highest BCUT2D eigenvalue weighted by Crippen LogP contribution is 2.61. The van der Waals surface area contributed by atoms with Gasteiger partial charge in [0.25, 0.3) is 0 Å². The van der Waals surface area contributed by atoms with E-state index in [9.17, 15) is 25.5 Å². The second kappa shape index (κ2) is 6.10. The molecule has 6 rings (SSSR count). The van der Waals surface area contributed by atoms with E-state index in [0.717, 1.165) is 60.8 Å². The summed E-state index contributed by atoms with van der Waals surface area (Å²) in [5, 5.41) is 53.1. The number of hydrogen-bond acceptors (Lipinski definition) is 5. The molecule has 0 heterocycles. The lowest BCUT2D eigenvalue weighted by Gasteiger charge is -2.46. The number of hydrogen-bond donors (Lipinski definition) is 5. The number of phenols is 5. The maximum Gasteiger partial charge on any atom is 0.169 e. The molecule has 5 nitrogen and oxygen atoms in total. The summed E-state index contributed by atoms with van der Waals surface area (Å²) in [5.41, 5.74) is 4.64. The Hall–Kier alpha value is -3.34. The highest BCUT2D eigenvalue weighted by atomic mass is 16.3. The molecule has 3 aromatic rings. The smallest absolute Gasteiger partial charge is 0.169 e. The second-order valence-corrected chi connectivity index (χ2v) is 9.31. The fraction of sp³-hybridized carbons (Fsp3) is 0.308. The van der Waals surface area contributed by atoms with Crippen molar-refractivity contribution in [2.75, 3.05) is 0 Å². The predicted octanol–water partition coefficient (Wildman–Crippen LogP) is 5.30. The van der Waals surface area contributed by atoms with E-state index >= 15 is 0 Å². The van der Waals surface area contributed by atoms with E-state index in [4.69, 9.17) is 0 Å². The van der Waals surface area contributed by atoms with Gasteiger partial charge in [0.1, 0.15) is 5.75 Å². The van der Waals surface area contributed by atoms with Crippen molar-refractivity contribution in [2.45, 2.75) is 43.9 Å². The molecule has 3 aliphatic carbocycles. The molecule has 0 radical (unpaired) electrons.